The molecule has 0 amide bonds. The van der Waals surface area contributed by atoms with Crippen LogP contribution in [0.25, 0.3) is 22.0 Å². The van der Waals surface area contributed by atoms with E-state index in [9.17, 15) is 4.79 Å². The maximum absolute atomic E-state index is 12.5. The molecule has 0 aliphatic rings. The highest BCUT2D eigenvalue weighted by atomic mass is 127. The first-order valence-corrected chi connectivity index (χ1v) is 7.24. The third-order valence-corrected chi connectivity index (χ3v) is 3.86. The van der Waals surface area contributed by atoms with Crippen LogP contribution in [-0.4, -0.2) is 11.8 Å². The lowest BCUT2D eigenvalue weighted by Crippen LogP contribution is -2.26. The van der Waals surface area contributed by atoms with E-state index in [1.165, 1.54) is 11.8 Å². The van der Waals surface area contributed by atoms with Crippen molar-refractivity contribution in [2.45, 2.75) is 0 Å². The van der Waals surface area contributed by atoms with Crippen molar-refractivity contribution < 1.29 is 4.84 Å². The fourth-order valence-electron chi connectivity index (χ4n) is 2.26. The van der Waals surface area contributed by atoms with Crippen LogP contribution >= 0.6 is 22.6 Å². The highest BCUT2D eigenvalue weighted by Gasteiger charge is 2.11. The van der Waals surface area contributed by atoms with Gasteiger partial charge in [-0.2, -0.15) is 0 Å². The minimum Gasteiger partial charge on any atom is -0.413 e. The number of nitrogens with zero attached hydrogens (tertiary/aromatic N) is 1. The maximum atomic E-state index is 12.5. The van der Waals surface area contributed by atoms with Crippen molar-refractivity contribution in [1.82, 2.24) is 4.73 Å². The molecule has 1 aromatic heterocycles. The van der Waals surface area contributed by atoms with E-state index in [-0.39, 0.29) is 5.56 Å². The number of fused-ring (bicyclic) bond motifs is 1. The third kappa shape index (κ3) is 2.20. The Morgan fingerprint density at radius 1 is 1.05 bits per heavy atom. The molecule has 1 heterocycles. The van der Waals surface area contributed by atoms with Gasteiger partial charge in [0.05, 0.1) is 11.1 Å². The molecule has 0 aliphatic carbocycles. The number of benzene rings is 2. The van der Waals surface area contributed by atoms with Crippen molar-refractivity contribution in [1.29, 1.82) is 0 Å². The Balaban J connectivity index is 2.39. The normalized spacial score (nSPS) is 10.7. The smallest absolute Gasteiger partial charge is 0.291 e. The zero-order chi connectivity index (χ0) is 14.1. The summed E-state index contributed by atoms with van der Waals surface area (Å²) in [6, 6.07) is 17.5. The lowest BCUT2D eigenvalue weighted by atomic mass is 10.1. The molecular formula is C16H12INO2. The molecule has 0 aliphatic heterocycles. The molecule has 0 N–H and O–H groups in total. The molecule has 0 radical (unpaired) electrons. The number of hydrogen-bond acceptors (Lipinski definition) is 2. The molecule has 0 atom stereocenters. The van der Waals surface area contributed by atoms with Crippen molar-refractivity contribution in [3.05, 3.63) is 68.5 Å². The largest absolute Gasteiger partial charge is 0.413 e. The average Bonchev–Trinajstić information content (AvgIpc) is 2.47. The van der Waals surface area contributed by atoms with Crippen molar-refractivity contribution >= 4 is 33.4 Å². The van der Waals surface area contributed by atoms with Crippen LogP contribution in [0.2, 0.25) is 0 Å². The van der Waals surface area contributed by atoms with Crippen molar-refractivity contribution in [2.75, 3.05) is 7.11 Å². The van der Waals surface area contributed by atoms with Crippen LogP contribution in [0.4, 0.5) is 0 Å². The Labute approximate surface area is 129 Å². The van der Waals surface area contributed by atoms with Crippen LogP contribution in [-0.2, 0) is 0 Å². The van der Waals surface area contributed by atoms with Gasteiger partial charge in [0, 0.05) is 9.13 Å². The topological polar surface area (TPSA) is 31.2 Å². The fraction of sp³-hybridized carbons (Fsp3) is 0.0625. The van der Waals surface area contributed by atoms with Gasteiger partial charge in [-0.15, -0.1) is 4.73 Å². The van der Waals surface area contributed by atoms with Crippen LogP contribution in [0, 0.1) is 3.57 Å². The summed E-state index contributed by atoms with van der Waals surface area (Å²) in [5, 5.41) is 1.58. The number of halogens is 1. The molecule has 4 heteroatoms. The van der Waals surface area contributed by atoms with Crippen molar-refractivity contribution in [3.63, 3.8) is 0 Å². The van der Waals surface area contributed by atoms with Gasteiger partial charge in [0.25, 0.3) is 5.56 Å². The van der Waals surface area contributed by atoms with Crippen LogP contribution in [0.3, 0.4) is 0 Å². The SMILES string of the molecule is COn1c(-c2ccccc2)cc2cc(I)ccc2c1=O. The van der Waals surface area contributed by atoms with Gasteiger partial charge in [-0.1, -0.05) is 30.3 Å². The van der Waals surface area contributed by atoms with Gasteiger partial charge in [0.15, 0.2) is 0 Å². The first-order valence-electron chi connectivity index (χ1n) is 6.16. The van der Waals surface area contributed by atoms with E-state index >= 15 is 0 Å². The van der Waals surface area contributed by atoms with Gasteiger partial charge < -0.3 is 4.84 Å². The third-order valence-electron chi connectivity index (χ3n) is 3.19. The molecule has 2 aromatic carbocycles. The van der Waals surface area contributed by atoms with E-state index in [0.29, 0.717) is 5.39 Å². The number of pyridine rings is 1. The molecule has 0 bridgehead atoms. The second kappa shape index (κ2) is 5.28. The van der Waals surface area contributed by atoms with Crippen molar-refractivity contribution in [3.8, 4) is 11.3 Å². The monoisotopic (exact) mass is 377 g/mol. The number of aromatic nitrogens is 1. The Bertz CT molecular complexity index is 825. The molecular weight excluding hydrogens is 365 g/mol. The summed E-state index contributed by atoms with van der Waals surface area (Å²) >= 11 is 2.24. The molecule has 100 valence electrons. The first kappa shape index (κ1) is 13.2. The maximum Gasteiger partial charge on any atom is 0.291 e. The predicted octanol–water partition coefficient (Wildman–Crippen LogP) is 3.33. The van der Waals surface area contributed by atoms with Crippen LogP contribution in [0.5, 0.6) is 0 Å². The quantitative estimate of drug-likeness (QED) is 0.642. The molecule has 0 saturated carbocycles. The van der Waals surface area contributed by atoms with E-state index in [4.69, 9.17) is 4.84 Å². The van der Waals surface area contributed by atoms with E-state index in [0.717, 1.165) is 20.2 Å². The Hall–Kier alpha value is -1.82. The van der Waals surface area contributed by atoms with Crippen LogP contribution in [0.15, 0.2) is 59.4 Å². The van der Waals surface area contributed by atoms with Crippen LogP contribution < -0.4 is 10.4 Å². The minimum absolute atomic E-state index is 0.139. The second-order valence-electron chi connectivity index (χ2n) is 4.41. The summed E-state index contributed by atoms with van der Waals surface area (Å²) in [4.78, 5) is 17.8. The molecule has 0 spiro atoms. The minimum atomic E-state index is -0.139. The predicted molar refractivity (Wildman–Crippen MR) is 88.9 cm³/mol. The summed E-state index contributed by atoms with van der Waals surface area (Å²) in [6.07, 6.45) is 0. The van der Waals surface area contributed by atoms with E-state index in [1.807, 2.05) is 54.6 Å². The molecule has 3 rings (SSSR count). The highest BCUT2D eigenvalue weighted by molar-refractivity contribution is 14.1. The van der Waals surface area contributed by atoms with Gasteiger partial charge in [-0.05, 0) is 52.2 Å². The summed E-state index contributed by atoms with van der Waals surface area (Å²) in [5.74, 6) is 0. The number of rotatable bonds is 2. The Morgan fingerprint density at radius 2 is 1.80 bits per heavy atom. The van der Waals surface area contributed by atoms with Gasteiger partial charge in [0.1, 0.15) is 7.11 Å². The van der Waals surface area contributed by atoms with Crippen molar-refractivity contribution in [2.24, 2.45) is 0 Å². The lowest BCUT2D eigenvalue weighted by molar-refractivity contribution is 0.163. The number of hydrogen-bond donors (Lipinski definition) is 0. The highest BCUT2D eigenvalue weighted by Crippen LogP contribution is 2.22. The molecule has 3 aromatic rings. The molecule has 0 saturated heterocycles. The molecule has 0 fully saturated rings. The zero-order valence-electron chi connectivity index (χ0n) is 10.8. The second-order valence-corrected chi connectivity index (χ2v) is 5.65. The van der Waals surface area contributed by atoms with Gasteiger partial charge in [0.2, 0.25) is 0 Å². The molecule has 3 nitrogen and oxygen atoms in total. The molecule has 0 unspecified atom stereocenters. The average molecular weight is 377 g/mol. The first-order chi connectivity index (χ1) is 9.70. The Morgan fingerprint density at radius 3 is 2.50 bits per heavy atom. The summed E-state index contributed by atoms with van der Waals surface area (Å²) < 4.78 is 2.44. The zero-order valence-corrected chi connectivity index (χ0v) is 13.0. The van der Waals surface area contributed by atoms with Crippen LogP contribution in [0.1, 0.15) is 0 Å². The lowest BCUT2D eigenvalue weighted by Gasteiger charge is -2.12. The summed E-state index contributed by atoms with van der Waals surface area (Å²) in [5.41, 5.74) is 1.57. The van der Waals surface area contributed by atoms with E-state index < -0.39 is 0 Å². The van der Waals surface area contributed by atoms with Gasteiger partial charge >= 0.3 is 0 Å². The Kier molecular flexibility index (Phi) is 3.48. The van der Waals surface area contributed by atoms with Gasteiger partial charge in [-0.25, -0.2) is 0 Å². The molecule has 20 heavy (non-hydrogen) atoms. The summed E-state index contributed by atoms with van der Waals surface area (Å²) in [6.45, 7) is 0. The standard InChI is InChI=1S/C16H12INO2/c1-20-18-15(11-5-3-2-4-6-11)10-12-9-13(17)7-8-14(12)16(18)19/h2-10H,1H3. The van der Waals surface area contributed by atoms with E-state index in [2.05, 4.69) is 22.6 Å². The van der Waals surface area contributed by atoms with Gasteiger partial charge in [-0.3, -0.25) is 4.79 Å². The summed E-state index contributed by atoms with van der Waals surface area (Å²) in [7, 11) is 1.51. The van der Waals surface area contributed by atoms with E-state index in [1.54, 1.807) is 0 Å². The fourth-order valence-corrected chi connectivity index (χ4v) is 2.78.